The maximum absolute atomic E-state index is 11.9. The molecule has 0 atom stereocenters. The van der Waals surface area contributed by atoms with Gasteiger partial charge in [-0.2, -0.15) is 0 Å². The quantitative estimate of drug-likeness (QED) is 0.573. The molecular formula is C14H11N5O3. The number of imidazole rings is 1. The van der Waals surface area contributed by atoms with Crippen LogP contribution in [0.15, 0.2) is 54.9 Å². The fourth-order valence-electron chi connectivity index (χ4n) is 1.98. The first-order valence-electron chi connectivity index (χ1n) is 6.38. The predicted molar refractivity (Wildman–Crippen MR) is 81.2 cm³/mol. The van der Waals surface area contributed by atoms with Crippen LogP contribution in [-0.4, -0.2) is 20.6 Å². The number of carbonyl (C=O) groups is 1. The minimum atomic E-state index is -0.499. The third-order valence-corrected chi connectivity index (χ3v) is 3.01. The van der Waals surface area contributed by atoms with E-state index in [2.05, 4.69) is 15.7 Å². The molecule has 2 N–H and O–H groups in total. The lowest BCUT2D eigenvalue weighted by Gasteiger charge is -2.08. The first kappa shape index (κ1) is 13.6. The Hall–Kier alpha value is -3.42. The summed E-state index contributed by atoms with van der Waals surface area (Å²) in [5.74, 6) is 0. The molecule has 0 aliphatic heterocycles. The number of carbonyl (C=O) groups excluding carboxylic acids is 1. The summed E-state index contributed by atoms with van der Waals surface area (Å²) in [6, 6.07) is 12.5. The third kappa shape index (κ3) is 2.70. The molecule has 2 aromatic carbocycles. The Morgan fingerprint density at radius 1 is 1.14 bits per heavy atom. The van der Waals surface area contributed by atoms with Crippen LogP contribution in [0.2, 0.25) is 0 Å². The fraction of sp³-hybridized carbons (Fsp3) is 0. The van der Waals surface area contributed by atoms with Crippen LogP contribution in [0.4, 0.5) is 16.2 Å². The Morgan fingerprint density at radius 2 is 1.86 bits per heavy atom. The van der Waals surface area contributed by atoms with Crippen LogP contribution >= 0.6 is 0 Å². The average Bonchev–Trinajstić information content (AvgIpc) is 2.91. The lowest BCUT2D eigenvalue weighted by atomic mass is 10.3. The molecule has 3 aromatic rings. The van der Waals surface area contributed by atoms with Crippen LogP contribution in [0.1, 0.15) is 0 Å². The van der Waals surface area contributed by atoms with E-state index in [0.717, 1.165) is 11.0 Å². The predicted octanol–water partition coefficient (Wildman–Crippen LogP) is 2.72. The van der Waals surface area contributed by atoms with Crippen molar-refractivity contribution in [1.29, 1.82) is 0 Å². The molecule has 22 heavy (non-hydrogen) atoms. The molecule has 0 saturated heterocycles. The highest BCUT2D eigenvalue weighted by atomic mass is 16.6. The van der Waals surface area contributed by atoms with Gasteiger partial charge in [0, 0.05) is 17.8 Å². The van der Waals surface area contributed by atoms with Crippen molar-refractivity contribution in [2.45, 2.75) is 0 Å². The molecule has 0 aliphatic carbocycles. The van der Waals surface area contributed by atoms with Crippen LogP contribution in [0.5, 0.6) is 0 Å². The summed E-state index contributed by atoms with van der Waals surface area (Å²) in [4.78, 5) is 26.2. The van der Waals surface area contributed by atoms with Gasteiger partial charge in [0.05, 0.1) is 16.0 Å². The number of hydrogen-bond donors (Lipinski definition) is 2. The van der Waals surface area contributed by atoms with Crippen molar-refractivity contribution >= 4 is 28.4 Å². The van der Waals surface area contributed by atoms with Crippen LogP contribution in [0.3, 0.4) is 0 Å². The number of benzene rings is 2. The SMILES string of the molecule is O=C(Nc1ccc([N+](=O)[O-])cc1)Nn1cnc2ccccc21. The molecule has 8 nitrogen and oxygen atoms in total. The zero-order valence-corrected chi connectivity index (χ0v) is 11.3. The summed E-state index contributed by atoms with van der Waals surface area (Å²) < 4.78 is 1.50. The van der Waals surface area contributed by atoms with Crippen molar-refractivity contribution in [1.82, 2.24) is 9.66 Å². The van der Waals surface area contributed by atoms with E-state index in [1.54, 1.807) is 0 Å². The average molecular weight is 297 g/mol. The number of urea groups is 1. The molecule has 3 rings (SSSR count). The van der Waals surface area contributed by atoms with Gasteiger partial charge < -0.3 is 5.32 Å². The van der Waals surface area contributed by atoms with Crippen LogP contribution in [0, 0.1) is 10.1 Å². The number of non-ortho nitro benzene ring substituents is 1. The molecule has 1 heterocycles. The molecule has 0 radical (unpaired) electrons. The summed E-state index contributed by atoms with van der Waals surface area (Å²) in [7, 11) is 0. The van der Waals surface area contributed by atoms with Gasteiger partial charge in [-0.1, -0.05) is 12.1 Å². The third-order valence-electron chi connectivity index (χ3n) is 3.01. The number of anilines is 1. The first-order chi connectivity index (χ1) is 10.6. The first-order valence-corrected chi connectivity index (χ1v) is 6.38. The number of nitrogens with one attached hydrogen (secondary N) is 2. The van der Waals surface area contributed by atoms with Gasteiger partial charge in [0.25, 0.3) is 5.69 Å². The summed E-state index contributed by atoms with van der Waals surface area (Å²) in [6.07, 6.45) is 1.50. The van der Waals surface area contributed by atoms with Crippen molar-refractivity contribution < 1.29 is 9.72 Å². The van der Waals surface area contributed by atoms with Gasteiger partial charge in [-0.3, -0.25) is 10.1 Å². The normalized spacial score (nSPS) is 10.4. The van der Waals surface area contributed by atoms with Gasteiger partial charge >= 0.3 is 6.03 Å². The summed E-state index contributed by atoms with van der Waals surface area (Å²) >= 11 is 0. The molecule has 8 heteroatoms. The number of nitro groups is 1. The number of hydrogen-bond acceptors (Lipinski definition) is 4. The summed E-state index contributed by atoms with van der Waals surface area (Å²) in [6.45, 7) is 0. The van der Waals surface area contributed by atoms with Gasteiger partial charge in [0.2, 0.25) is 0 Å². The molecule has 0 saturated carbocycles. The van der Waals surface area contributed by atoms with Gasteiger partial charge in [0.1, 0.15) is 6.33 Å². The van der Waals surface area contributed by atoms with E-state index in [1.807, 2.05) is 24.3 Å². The lowest BCUT2D eigenvalue weighted by Crippen LogP contribution is -2.27. The van der Waals surface area contributed by atoms with E-state index in [1.165, 1.54) is 35.3 Å². The van der Waals surface area contributed by atoms with E-state index in [-0.39, 0.29) is 5.69 Å². The van der Waals surface area contributed by atoms with Crippen molar-refractivity contribution in [2.24, 2.45) is 0 Å². The molecule has 2 amide bonds. The molecule has 0 bridgehead atoms. The van der Waals surface area contributed by atoms with Crippen LogP contribution in [0.25, 0.3) is 11.0 Å². The van der Waals surface area contributed by atoms with Crippen molar-refractivity contribution in [3.05, 3.63) is 65.0 Å². The number of aromatic nitrogens is 2. The second-order valence-electron chi connectivity index (χ2n) is 4.47. The van der Waals surface area contributed by atoms with E-state index in [9.17, 15) is 14.9 Å². The highest BCUT2D eigenvalue weighted by molar-refractivity contribution is 5.96. The van der Waals surface area contributed by atoms with Crippen LogP contribution in [-0.2, 0) is 0 Å². The number of rotatable bonds is 3. The zero-order valence-electron chi connectivity index (χ0n) is 11.3. The second kappa shape index (κ2) is 5.52. The highest BCUT2D eigenvalue weighted by Gasteiger charge is 2.08. The summed E-state index contributed by atoms with van der Waals surface area (Å²) in [5.41, 5.74) is 4.56. The maximum atomic E-state index is 11.9. The Morgan fingerprint density at radius 3 is 2.59 bits per heavy atom. The molecule has 0 unspecified atom stereocenters. The minimum absolute atomic E-state index is 0.0356. The molecular weight excluding hydrogens is 286 g/mol. The van der Waals surface area contributed by atoms with Gasteiger partial charge in [-0.05, 0) is 24.3 Å². The smallest absolute Gasteiger partial charge is 0.307 e. The Bertz CT molecular complexity index is 841. The molecule has 0 fully saturated rings. The minimum Gasteiger partial charge on any atom is -0.307 e. The van der Waals surface area contributed by atoms with Crippen LogP contribution < -0.4 is 10.7 Å². The number of nitro benzene ring substituents is 1. The fourth-order valence-corrected chi connectivity index (χ4v) is 1.98. The van der Waals surface area contributed by atoms with Crippen molar-refractivity contribution in [3.63, 3.8) is 0 Å². The molecule has 1 aromatic heterocycles. The van der Waals surface area contributed by atoms with Crippen molar-refractivity contribution in [2.75, 3.05) is 10.7 Å². The number of nitrogens with zero attached hydrogens (tertiary/aromatic N) is 3. The topological polar surface area (TPSA) is 102 Å². The van der Waals surface area contributed by atoms with E-state index in [4.69, 9.17) is 0 Å². The van der Waals surface area contributed by atoms with Gasteiger partial charge in [-0.15, -0.1) is 0 Å². The number of fused-ring (bicyclic) bond motifs is 1. The van der Waals surface area contributed by atoms with E-state index in [0.29, 0.717) is 5.69 Å². The summed E-state index contributed by atoms with van der Waals surface area (Å²) in [5, 5.41) is 13.2. The van der Waals surface area contributed by atoms with E-state index >= 15 is 0 Å². The monoisotopic (exact) mass is 297 g/mol. The lowest BCUT2D eigenvalue weighted by molar-refractivity contribution is -0.384. The van der Waals surface area contributed by atoms with Gasteiger partial charge in [-0.25, -0.2) is 19.9 Å². The number of amides is 2. The molecule has 110 valence electrons. The highest BCUT2D eigenvalue weighted by Crippen LogP contribution is 2.15. The Labute approximate surface area is 124 Å². The standard InChI is InChI=1S/C14H11N5O3/c20-14(16-10-5-7-11(8-6-10)19(21)22)17-18-9-15-12-3-1-2-4-13(12)18/h1-9H,(H2,16,17,20). The maximum Gasteiger partial charge on any atom is 0.338 e. The largest absolute Gasteiger partial charge is 0.338 e. The van der Waals surface area contributed by atoms with Crippen molar-refractivity contribution in [3.8, 4) is 0 Å². The molecule has 0 aliphatic rings. The van der Waals surface area contributed by atoms with Gasteiger partial charge in [0.15, 0.2) is 0 Å². The Balaban J connectivity index is 1.71. The Kier molecular flexibility index (Phi) is 3.40. The molecule has 0 spiro atoms. The zero-order chi connectivity index (χ0) is 15.5. The van der Waals surface area contributed by atoms with E-state index < -0.39 is 11.0 Å². The number of para-hydroxylation sites is 2. The second-order valence-corrected chi connectivity index (χ2v) is 4.47.